The van der Waals surface area contributed by atoms with Crippen LogP contribution in [0.25, 0.3) is 0 Å². The van der Waals surface area contributed by atoms with Crippen LogP contribution in [0.2, 0.25) is 0 Å². The third-order valence-corrected chi connectivity index (χ3v) is 2.60. The van der Waals surface area contributed by atoms with Crippen LogP contribution in [0.15, 0.2) is 40.8 Å². The lowest BCUT2D eigenvalue weighted by molar-refractivity contribution is -0.136. The van der Waals surface area contributed by atoms with Crippen LogP contribution in [0.3, 0.4) is 0 Å². The van der Waals surface area contributed by atoms with Gasteiger partial charge in [0.2, 0.25) is 0 Å². The van der Waals surface area contributed by atoms with Crippen molar-refractivity contribution >= 4 is 17.6 Å². The Bertz CT molecular complexity index is 615. The summed E-state index contributed by atoms with van der Waals surface area (Å²) < 4.78 is 5.18. The first-order valence-corrected chi connectivity index (χ1v) is 5.74. The van der Waals surface area contributed by atoms with Gasteiger partial charge in [0.05, 0.1) is 0 Å². The van der Waals surface area contributed by atoms with E-state index < -0.39 is 11.9 Å². The van der Waals surface area contributed by atoms with Crippen LogP contribution in [-0.4, -0.2) is 17.0 Å². The number of furan rings is 1. The van der Waals surface area contributed by atoms with Crippen LogP contribution in [0.4, 0.5) is 5.69 Å². The van der Waals surface area contributed by atoms with Gasteiger partial charge in [0.15, 0.2) is 5.76 Å². The molecular weight excluding hydrogens is 246 g/mol. The van der Waals surface area contributed by atoms with Gasteiger partial charge in [-0.05, 0) is 30.7 Å². The van der Waals surface area contributed by atoms with Gasteiger partial charge in [0, 0.05) is 5.69 Å². The molecule has 0 fully saturated rings. The van der Waals surface area contributed by atoms with E-state index >= 15 is 0 Å². The third-order valence-electron chi connectivity index (χ3n) is 2.60. The number of hydrogen-bond acceptors (Lipinski definition) is 3. The molecule has 2 aromatic rings. The van der Waals surface area contributed by atoms with Crippen LogP contribution >= 0.6 is 0 Å². The quantitative estimate of drug-likeness (QED) is 0.883. The van der Waals surface area contributed by atoms with Gasteiger partial charge in [-0.3, -0.25) is 9.59 Å². The normalized spacial score (nSPS) is 10.2. The van der Waals surface area contributed by atoms with Crippen molar-refractivity contribution in [2.45, 2.75) is 13.3 Å². The largest absolute Gasteiger partial charge is 0.481 e. The molecule has 0 bridgehead atoms. The maximum absolute atomic E-state index is 11.9. The van der Waals surface area contributed by atoms with Crippen LogP contribution in [0.1, 0.15) is 21.9 Å². The number of carbonyl (C=O) groups is 2. The maximum atomic E-state index is 11.9. The highest BCUT2D eigenvalue weighted by molar-refractivity contribution is 6.02. The lowest BCUT2D eigenvalue weighted by atomic mass is 10.2. The molecule has 2 N–H and O–H groups in total. The molecule has 1 amide bonds. The van der Waals surface area contributed by atoms with Gasteiger partial charge < -0.3 is 14.8 Å². The number of carbonyl (C=O) groups excluding carboxylic acids is 1. The molecule has 2 rings (SSSR count). The van der Waals surface area contributed by atoms with Crippen LogP contribution in [0.5, 0.6) is 0 Å². The zero-order valence-electron chi connectivity index (χ0n) is 10.3. The lowest BCUT2D eigenvalue weighted by Crippen LogP contribution is -2.11. The van der Waals surface area contributed by atoms with E-state index in [0.717, 1.165) is 5.56 Å². The summed E-state index contributed by atoms with van der Waals surface area (Å²) in [6.45, 7) is 1.88. The van der Waals surface area contributed by atoms with Crippen molar-refractivity contribution in [2.24, 2.45) is 0 Å². The molecule has 0 radical (unpaired) electrons. The average molecular weight is 259 g/mol. The fourth-order valence-electron chi connectivity index (χ4n) is 1.64. The Morgan fingerprint density at radius 3 is 2.63 bits per heavy atom. The molecule has 19 heavy (non-hydrogen) atoms. The number of carboxylic acids is 1. The van der Waals surface area contributed by atoms with Gasteiger partial charge in [0.25, 0.3) is 5.91 Å². The fourth-order valence-corrected chi connectivity index (χ4v) is 1.64. The second-order valence-electron chi connectivity index (χ2n) is 4.11. The van der Waals surface area contributed by atoms with E-state index in [-0.39, 0.29) is 17.9 Å². The molecule has 1 aromatic carbocycles. The SMILES string of the molecule is Cc1ccccc1NC(=O)c1ccc(CC(=O)O)o1. The predicted octanol–water partition coefficient (Wildman–Crippen LogP) is 2.47. The standard InChI is InChI=1S/C14H13NO4/c1-9-4-2-3-5-11(9)15-14(18)12-7-6-10(19-12)8-13(16)17/h2-7H,8H2,1H3,(H,15,18)(H,16,17). The molecule has 0 saturated carbocycles. The van der Waals surface area contributed by atoms with Crippen molar-refractivity contribution in [2.75, 3.05) is 5.32 Å². The number of anilines is 1. The van der Waals surface area contributed by atoms with E-state index in [1.807, 2.05) is 25.1 Å². The lowest BCUT2D eigenvalue weighted by Gasteiger charge is -2.05. The molecule has 1 heterocycles. The molecule has 0 aliphatic rings. The summed E-state index contributed by atoms with van der Waals surface area (Å²) in [6.07, 6.45) is -0.238. The fraction of sp³-hybridized carbons (Fsp3) is 0.143. The van der Waals surface area contributed by atoms with Gasteiger partial charge in [0.1, 0.15) is 12.2 Å². The number of carboxylic acid groups (broad SMARTS) is 1. The molecule has 0 spiro atoms. The zero-order valence-corrected chi connectivity index (χ0v) is 10.3. The Hall–Kier alpha value is -2.56. The molecule has 5 heteroatoms. The summed E-state index contributed by atoms with van der Waals surface area (Å²) in [5, 5.41) is 11.3. The zero-order chi connectivity index (χ0) is 13.8. The minimum Gasteiger partial charge on any atom is -0.481 e. The van der Waals surface area contributed by atoms with E-state index in [0.29, 0.717) is 5.69 Å². The van der Waals surface area contributed by atoms with E-state index in [1.54, 1.807) is 6.07 Å². The minimum atomic E-state index is -1.000. The monoisotopic (exact) mass is 259 g/mol. The molecule has 5 nitrogen and oxygen atoms in total. The average Bonchev–Trinajstić information content (AvgIpc) is 2.79. The van der Waals surface area contributed by atoms with E-state index in [9.17, 15) is 9.59 Å². The number of para-hydroxylation sites is 1. The number of aryl methyl sites for hydroxylation is 1. The Morgan fingerprint density at radius 2 is 1.95 bits per heavy atom. The molecule has 0 aliphatic heterocycles. The van der Waals surface area contributed by atoms with Crippen molar-refractivity contribution in [3.8, 4) is 0 Å². The Morgan fingerprint density at radius 1 is 1.21 bits per heavy atom. The van der Waals surface area contributed by atoms with Gasteiger partial charge >= 0.3 is 5.97 Å². The first kappa shape index (κ1) is 12.9. The van der Waals surface area contributed by atoms with Crippen molar-refractivity contribution in [1.29, 1.82) is 0 Å². The first-order valence-electron chi connectivity index (χ1n) is 5.74. The second-order valence-corrected chi connectivity index (χ2v) is 4.11. The molecule has 98 valence electrons. The number of benzene rings is 1. The summed E-state index contributed by atoms with van der Waals surface area (Å²) in [5.41, 5.74) is 1.64. The number of aliphatic carboxylic acids is 1. The van der Waals surface area contributed by atoms with Crippen molar-refractivity contribution < 1.29 is 19.1 Å². The molecule has 1 aromatic heterocycles. The summed E-state index contributed by atoms with van der Waals surface area (Å²) in [4.78, 5) is 22.4. The van der Waals surface area contributed by atoms with Crippen LogP contribution in [0, 0.1) is 6.92 Å². The van der Waals surface area contributed by atoms with Gasteiger partial charge in [-0.1, -0.05) is 18.2 Å². The van der Waals surface area contributed by atoms with E-state index in [1.165, 1.54) is 12.1 Å². The van der Waals surface area contributed by atoms with Gasteiger partial charge in [-0.25, -0.2) is 0 Å². The van der Waals surface area contributed by atoms with Gasteiger partial charge in [-0.15, -0.1) is 0 Å². The topological polar surface area (TPSA) is 79.5 Å². The van der Waals surface area contributed by atoms with Crippen molar-refractivity contribution in [3.05, 3.63) is 53.5 Å². The molecule has 0 atom stereocenters. The maximum Gasteiger partial charge on any atom is 0.311 e. The summed E-state index contributed by atoms with van der Waals surface area (Å²) in [6, 6.07) is 10.3. The van der Waals surface area contributed by atoms with Gasteiger partial charge in [-0.2, -0.15) is 0 Å². The van der Waals surface area contributed by atoms with Crippen molar-refractivity contribution in [3.63, 3.8) is 0 Å². The third kappa shape index (κ3) is 3.22. The second kappa shape index (κ2) is 5.39. The Balaban J connectivity index is 2.10. The minimum absolute atomic E-state index is 0.0968. The Kier molecular flexibility index (Phi) is 3.66. The predicted molar refractivity (Wildman–Crippen MR) is 69.2 cm³/mol. The molecule has 0 aliphatic carbocycles. The number of hydrogen-bond donors (Lipinski definition) is 2. The first-order chi connectivity index (χ1) is 9.06. The van der Waals surface area contributed by atoms with Crippen LogP contribution < -0.4 is 5.32 Å². The Labute approximate surface area is 109 Å². The summed E-state index contributed by atoms with van der Waals surface area (Å²) >= 11 is 0. The number of amides is 1. The van der Waals surface area contributed by atoms with Crippen LogP contribution in [-0.2, 0) is 11.2 Å². The number of nitrogens with one attached hydrogen (secondary N) is 1. The van der Waals surface area contributed by atoms with E-state index in [2.05, 4.69) is 5.32 Å². The highest BCUT2D eigenvalue weighted by atomic mass is 16.4. The summed E-state index contributed by atoms with van der Waals surface area (Å²) in [5.74, 6) is -1.05. The summed E-state index contributed by atoms with van der Waals surface area (Å²) in [7, 11) is 0. The smallest absolute Gasteiger partial charge is 0.311 e. The highest BCUT2D eigenvalue weighted by Crippen LogP contribution is 2.16. The molecule has 0 saturated heterocycles. The molecule has 0 unspecified atom stereocenters. The number of rotatable bonds is 4. The highest BCUT2D eigenvalue weighted by Gasteiger charge is 2.13. The molecular formula is C14H13NO4. The van der Waals surface area contributed by atoms with E-state index in [4.69, 9.17) is 9.52 Å². The van der Waals surface area contributed by atoms with Crippen molar-refractivity contribution in [1.82, 2.24) is 0 Å².